The molecule has 2 rings (SSSR count). The maximum Gasteiger partial charge on any atom is 0.0596 e. The van der Waals surface area contributed by atoms with E-state index in [1.165, 1.54) is 51.4 Å². The highest BCUT2D eigenvalue weighted by molar-refractivity contribution is 4.92. The van der Waals surface area contributed by atoms with Gasteiger partial charge in [0.05, 0.1) is 6.10 Å². The lowest BCUT2D eigenvalue weighted by Gasteiger charge is -2.36. The van der Waals surface area contributed by atoms with Gasteiger partial charge >= 0.3 is 0 Å². The standard InChI is InChI=1S/C15H28O/c1-12(2)11-15(9-3-4-10-15)14(16)8-7-13-5-6-13/h12-14,16H,3-11H2,1-2H3. The van der Waals surface area contributed by atoms with E-state index in [0.29, 0.717) is 5.41 Å². The van der Waals surface area contributed by atoms with E-state index in [4.69, 9.17) is 0 Å². The molecule has 0 aromatic heterocycles. The minimum Gasteiger partial charge on any atom is -0.393 e. The number of hydrogen-bond donors (Lipinski definition) is 1. The average molecular weight is 224 g/mol. The van der Waals surface area contributed by atoms with Gasteiger partial charge in [-0.3, -0.25) is 0 Å². The van der Waals surface area contributed by atoms with Crippen LogP contribution in [0.1, 0.15) is 71.6 Å². The molecule has 0 amide bonds. The molecular weight excluding hydrogens is 196 g/mol. The minimum absolute atomic E-state index is 0.0157. The molecule has 0 saturated heterocycles. The van der Waals surface area contributed by atoms with Crippen molar-refractivity contribution in [3.63, 3.8) is 0 Å². The van der Waals surface area contributed by atoms with Gasteiger partial charge in [0.15, 0.2) is 0 Å². The third-order valence-electron chi connectivity index (χ3n) is 4.67. The van der Waals surface area contributed by atoms with Gasteiger partial charge < -0.3 is 5.11 Å². The molecule has 1 unspecified atom stereocenters. The molecule has 16 heavy (non-hydrogen) atoms. The van der Waals surface area contributed by atoms with E-state index in [9.17, 15) is 5.11 Å². The van der Waals surface area contributed by atoms with Crippen LogP contribution >= 0.6 is 0 Å². The Kier molecular flexibility index (Phi) is 3.94. The highest BCUT2D eigenvalue weighted by Gasteiger charge is 2.41. The molecule has 1 nitrogen and oxygen atoms in total. The highest BCUT2D eigenvalue weighted by Crippen LogP contribution is 2.48. The Bertz CT molecular complexity index is 211. The summed E-state index contributed by atoms with van der Waals surface area (Å²) in [6, 6.07) is 0. The average Bonchev–Trinajstić information content (AvgIpc) is 2.94. The van der Waals surface area contributed by atoms with Crippen LogP contribution in [0.25, 0.3) is 0 Å². The summed E-state index contributed by atoms with van der Waals surface area (Å²) in [5, 5.41) is 10.5. The summed E-state index contributed by atoms with van der Waals surface area (Å²) in [4.78, 5) is 0. The monoisotopic (exact) mass is 224 g/mol. The lowest BCUT2D eigenvalue weighted by Crippen LogP contribution is -2.34. The van der Waals surface area contributed by atoms with Gasteiger partial charge in [0.1, 0.15) is 0 Å². The fraction of sp³-hybridized carbons (Fsp3) is 1.00. The quantitative estimate of drug-likeness (QED) is 0.719. The van der Waals surface area contributed by atoms with Crippen LogP contribution < -0.4 is 0 Å². The van der Waals surface area contributed by atoms with Gasteiger partial charge in [-0.15, -0.1) is 0 Å². The normalized spacial score (nSPS) is 26.2. The van der Waals surface area contributed by atoms with Gasteiger partial charge in [-0.25, -0.2) is 0 Å². The van der Waals surface area contributed by atoms with E-state index in [0.717, 1.165) is 18.3 Å². The van der Waals surface area contributed by atoms with E-state index >= 15 is 0 Å². The Morgan fingerprint density at radius 2 is 1.81 bits per heavy atom. The second-order valence-corrected chi connectivity index (χ2v) is 6.70. The van der Waals surface area contributed by atoms with E-state index in [1.807, 2.05) is 0 Å². The topological polar surface area (TPSA) is 20.2 Å². The third kappa shape index (κ3) is 3.00. The van der Waals surface area contributed by atoms with Gasteiger partial charge in [-0.2, -0.15) is 0 Å². The van der Waals surface area contributed by atoms with Crippen molar-refractivity contribution in [1.29, 1.82) is 0 Å². The Balaban J connectivity index is 1.88. The largest absolute Gasteiger partial charge is 0.393 e. The van der Waals surface area contributed by atoms with Crippen molar-refractivity contribution in [1.82, 2.24) is 0 Å². The minimum atomic E-state index is -0.0157. The summed E-state index contributed by atoms with van der Waals surface area (Å²) in [6.07, 6.45) is 11.6. The van der Waals surface area contributed by atoms with Crippen LogP contribution in [0, 0.1) is 17.3 Å². The van der Waals surface area contributed by atoms with Crippen molar-refractivity contribution in [2.45, 2.75) is 77.7 Å². The first-order valence-electron chi connectivity index (χ1n) is 7.30. The van der Waals surface area contributed by atoms with E-state index in [2.05, 4.69) is 13.8 Å². The zero-order valence-corrected chi connectivity index (χ0v) is 11.0. The van der Waals surface area contributed by atoms with E-state index in [1.54, 1.807) is 0 Å². The number of rotatable bonds is 6. The van der Waals surface area contributed by atoms with Crippen LogP contribution in [0.2, 0.25) is 0 Å². The lowest BCUT2D eigenvalue weighted by atomic mass is 9.72. The first kappa shape index (κ1) is 12.4. The van der Waals surface area contributed by atoms with Crippen LogP contribution in [0.3, 0.4) is 0 Å². The summed E-state index contributed by atoms with van der Waals surface area (Å²) in [6.45, 7) is 4.60. The fourth-order valence-corrected chi connectivity index (χ4v) is 3.67. The Morgan fingerprint density at radius 3 is 2.31 bits per heavy atom. The van der Waals surface area contributed by atoms with Gasteiger partial charge in [0.2, 0.25) is 0 Å². The van der Waals surface area contributed by atoms with Crippen LogP contribution in [-0.2, 0) is 0 Å². The predicted molar refractivity (Wildman–Crippen MR) is 68.3 cm³/mol. The second-order valence-electron chi connectivity index (χ2n) is 6.70. The third-order valence-corrected chi connectivity index (χ3v) is 4.67. The Morgan fingerprint density at radius 1 is 1.19 bits per heavy atom. The van der Waals surface area contributed by atoms with Crippen molar-refractivity contribution in [2.24, 2.45) is 17.3 Å². The maximum atomic E-state index is 10.5. The lowest BCUT2D eigenvalue weighted by molar-refractivity contribution is 0.00487. The molecule has 0 heterocycles. The zero-order chi connectivity index (χ0) is 11.6. The van der Waals surface area contributed by atoms with Crippen LogP contribution in [-0.4, -0.2) is 11.2 Å². The van der Waals surface area contributed by atoms with Gasteiger partial charge in [0.25, 0.3) is 0 Å². The maximum absolute atomic E-state index is 10.5. The molecule has 1 atom stereocenters. The Hall–Kier alpha value is -0.0400. The molecule has 1 N–H and O–H groups in total. The molecule has 0 bridgehead atoms. The molecule has 2 fully saturated rings. The molecule has 0 aliphatic heterocycles. The van der Waals surface area contributed by atoms with Crippen LogP contribution in [0.4, 0.5) is 0 Å². The summed E-state index contributed by atoms with van der Waals surface area (Å²) < 4.78 is 0. The van der Waals surface area contributed by atoms with Crippen LogP contribution in [0.15, 0.2) is 0 Å². The number of aliphatic hydroxyl groups is 1. The smallest absolute Gasteiger partial charge is 0.0596 e. The summed E-state index contributed by atoms with van der Waals surface area (Å²) in [7, 11) is 0. The summed E-state index contributed by atoms with van der Waals surface area (Å²) >= 11 is 0. The van der Waals surface area contributed by atoms with Crippen molar-refractivity contribution < 1.29 is 5.11 Å². The van der Waals surface area contributed by atoms with Gasteiger partial charge in [-0.05, 0) is 49.4 Å². The van der Waals surface area contributed by atoms with Crippen molar-refractivity contribution in [3.05, 3.63) is 0 Å². The molecule has 2 aliphatic rings. The van der Waals surface area contributed by atoms with Crippen molar-refractivity contribution in [2.75, 3.05) is 0 Å². The molecular formula is C15H28O. The SMILES string of the molecule is CC(C)CC1(C(O)CCC2CC2)CCCC1. The van der Waals surface area contributed by atoms with Crippen molar-refractivity contribution >= 4 is 0 Å². The van der Waals surface area contributed by atoms with Crippen LogP contribution in [0.5, 0.6) is 0 Å². The van der Waals surface area contributed by atoms with E-state index < -0.39 is 0 Å². The molecule has 0 radical (unpaired) electrons. The second kappa shape index (κ2) is 5.08. The zero-order valence-electron chi connectivity index (χ0n) is 11.0. The number of hydrogen-bond acceptors (Lipinski definition) is 1. The first-order valence-corrected chi connectivity index (χ1v) is 7.30. The molecule has 1 heteroatoms. The molecule has 0 spiro atoms. The van der Waals surface area contributed by atoms with Gasteiger partial charge in [-0.1, -0.05) is 39.5 Å². The number of aliphatic hydroxyl groups excluding tert-OH is 1. The summed E-state index contributed by atoms with van der Waals surface area (Å²) in [5.41, 5.74) is 0.295. The molecule has 0 aromatic rings. The summed E-state index contributed by atoms with van der Waals surface area (Å²) in [5.74, 6) is 1.70. The molecule has 2 saturated carbocycles. The molecule has 94 valence electrons. The fourth-order valence-electron chi connectivity index (χ4n) is 3.67. The van der Waals surface area contributed by atoms with Crippen molar-refractivity contribution in [3.8, 4) is 0 Å². The van der Waals surface area contributed by atoms with Gasteiger partial charge in [0, 0.05) is 0 Å². The predicted octanol–water partition coefficient (Wildman–Crippen LogP) is 4.14. The molecule has 2 aliphatic carbocycles. The molecule has 0 aromatic carbocycles. The Labute approximate surface area is 101 Å². The van der Waals surface area contributed by atoms with E-state index in [-0.39, 0.29) is 6.10 Å². The highest BCUT2D eigenvalue weighted by atomic mass is 16.3. The first-order chi connectivity index (χ1) is 7.62.